The topological polar surface area (TPSA) is 90.3 Å². The number of benzene rings is 2. The van der Waals surface area contributed by atoms with Gasteiger partial charge in [0.15, 0.2) is 0 Å². The summed E-state index contributed by atoms with van der Waals surface area (Å²) in [6.07, 6.45) is 0. The minimum Gasteiger partial charge on any atom is -0.508 e. The molecule has 1 saturated heterocycles. The maximum Gasteiger partial charge on any atom is 0.295 e. The molecule has 0 unspecified atom stereocenters. The van der Waals surface area contributed by atoms with Crippen molar-refractivity contribution in [2.24, 2.45) is 5.92 Å². The minimum atomic E-state index is -0.747. The molecule has 1 atom stereocenters. The monoisotopic (exact) mass is 480 g/mol. The Hall–Kier alpha value is -3.32. The second-order valence-electron chi connectivity index (χ2n) is 9.30. The standard InChI is InChI=1S/C28H36N2O5/c1-6-29(7-2)14-15-30-25(20-8-11-22(31)12-9-20)24(27(33)28(30)34)26(32)21-10-13-23(19(5)16-21)35-17-18(3)4/h8-13,16,18,25,31-32H,6-7,14-15,17H2,1-5H3/b26-24+/t25-/m0/s1. The fraction of sp³-hybridized carbons (Fsp3) is 0.429. The molecule has 2 aromatic rings. The molecular formula is C28H36N2O5. The Bertz CT molecular complexity index is 1090. The average Bonchev–Trinajstić information content (AvgIpc) is 3.08. The molecule has 0 aliphatic carbocycles. The Morgan fingerprint density at radius 1 is 1.09 bits per heavy atom. The van der Waals surface area contributed by atoms with Crippen LogP contribution in [-0.4, -0.2) is 64.5 Å². The maximum atomic E-state index is 13.2. The lowest BCUT2D eigenvalue weighted by Gasteiger charge is -2.28. The molecule has 0 bridgehead atoms. The highest BCUT2D eigenvalue weighted by molar-refractivity contribution is 6.46. The van der Waals surface area contributed by atoms with Crippen molar-refractivity contribution in [1.82, 2.24) is 9.80 Å². The van der Waals surface area contributed by atoms with E-state index in [4.69, 9.17) is 4.74 Å². The number of likely N-dealkylation sites (N-methyl/N-ethyl adjacent to an activating group) is 1. The zero-order chi connectivity index (χ0) is 25.7. The van der Waals surface area contributed by atoms with Crippen molar-refractivity contribution in [3.05, 3.63) is 64.7 Å². The number of rotatable bonds is 10. The van der Waals surface area contributed by atoms with Crippen LogP contribution < -0.4 is 4.74 Å². The maximum absolute atomic E-state index is 13.2. The second-order valence-corrected chi connectivity index (χ2v) is 9.30. The highest BCUT2D eigenvalue weighted by atomic mass is 16.5. The van der Waals surface area contributed by atoms with E-state index in [0.717, 1.165) is 18.7 Å². The van der Waals surface area contributed by atoms with Crippen LogP contribution in [0.1, 0.15) is 50.4 Å². The van der Waals surface area contributed by atoms with Gasteiger partial charge in [0.2, 0.25) is 0 Å². The van der Waals surface area contributed by atoms with Crippen molar-refractivity contribution < 1.29 is 24.5 Å². The van der Waals surface area contributed by atoms with E-state index in [1.165, 1.54) is 17.0 Å². The van der Waals surface area contributed by atoms with E-state index in [0.29, 0.717) is 42.5 Å². The third-order valence-electron chi connectivity index (χ3n) is 6.32. The highest BCUT2D eigenvalue weighted by Crippen LogP contribution is 2.40. The summed E-state index contributed by atoms with van der Waals surface area (Å²) in [6, 6.07) is 10.9. The predicted molar refractivity (Wildman–Crippen MR) is 136 cm³/mol. The lowest BCUT2D eigenvalue weighted by molar-refractivity contribution is -0.140. The van der Waals surface area contributed by atoms with Gasteiger partial charge in [-0.15, -0.1) is 0 Å². The fourth-order valence-corrected chi connectivity index (χ4v) is 4.27. The van der Waals surface area contributed by atoms with Crippen LogP contribution in [0.3, 0.4) is 0 Å². The molecule has 0 saturated carbocycles. The van der Waals surface area contributed by atoms with Crippen LogP contribution >= 0.6 is 0 Å². The number of hydrogen-bond acceptors (Lipinski definition) is 6. The molecule has 2 N–H and O–H groups in total. The molecule has 0 spiro atoms. The second kappa shape index (κ2) is 11.4. The molecule has 3 rings (SSSR count). The number of Topliss-reactive ketones (excluding diaryl/α,β-unsaturated/α-hetero) is 1. The number of phenolic OH excluding ortho intramolecular Hbond substituents is 1. The van der Waals surface area contributed by atoms with Crippen molar-refractivity contribution in [2.75, 3.05) is 32.8 Å². The summed E-state index contributed by atoms with van der Waals surface area (Å²) in [7, 11) is 0. The van der Waals surface area contributed by atoms with E-state index in [9.17, 15) is 19.8 Å². The van der Waals surface area contributed by atoms with Gasteiger partial charge in [-0.2, -0.15) is 0 Å². The predicted octanol–water partition coefficient (Wildman–Crippen LogP) is 4.50. The number of hydrogen-bond donors (Lipinski definition) is 2. The van der Waals surface area contributed by atoms with Gasteiger partial charge < -0.3 is 24.7 Å². The lowest BCUT2D eigenvalue weighted by Crippen LogP contribution is -2.38. The van der Waals surface area contributed by atoms with Gasteiger partial charge in [-0.25, -0.2) is 0 Å². The first-order valence-corrected chi connectivity index (χ1v) is 12.2. The normalized spacial score (nSPS) is 17.6. The first-order chi connectivity index (χ1) is 16.7. The molecule has 1 heterocycles. The zero-order valence-corrected chi connectivity index (χ0v) is 21.2. The molecule has 1 fully saturated rings. The van der Waals surface area contributed by atoms with Crippen molar-refractivity contribution in [2.45, 2.75) is 40.7 Å². The number of carbonyl (C=O) groups excluding carboxylic acids is 2. The van der Waals surface area contributed by atoms with Crippen LogP contribution in [0.4, 0.5) is 0 Å². The van der Waals surface area contributed by atoms with Crippen molar-refractivity contribution in [3.63, 3.8) is 0 Å². The molecule has 1 amide bonds. The Balaban J connectivity index is 2.04. The van der Waals surface area contributed by atoms with Gasteiger partial charge in [0.05, 0.1) is 18.2 Å². The molecule has 188 valence electrons. The Labute approximate surface area is 207 Å². The van der Waals surface area contributed by atoms with Crippen molar-refractivity contribution >= 4 is 17.4 Å². The SMILES string of the molecule is CCN(CC)CCN1C(=O)C(=O)/C(=C(/O)c2ccc(OCC(C)C)c(C)c2)[C@@H]1c1ccc(O)cc1. The zero-order valence-electron chi connectivity index (χ0n) is 21.2. The number of nitrogens with zero attached hydrogens (tertiary/aromatic N) is 2. The summed E-state index contributed by atoms with van der Waals surface area (Å²) in [5, 5.41) is 21.1. The molecule has 0 aromatic heterocycles. The van der Waals surface area contributed by atoms with Gasteiger partial charge in [0, 0.05) is 18.7 Å². The van der Waals surface area contributed by atoms with E-state index in [1.54, 1.807) is 30.3 Å². The minimum absolute atomic E-state index is 0.0514. The average molecular weight is 481 g/mol. The Morgan fingerprint density at radius 3 is 2.31 bits per heavy atom. The summed E-state index contributed by atoms with van der Waals surface area (Å²) in [5.74, 6) is -0.389. The van der Waals surface area contributed by atoms with Crippen LogP contribution in [0.2, 0.25) is 0 Å². The highest BCUT2D eigenvalue weighted by Gasteiger charge is 2.46. The summed E-state index contributed by atoms with van der Waals surface area (Å²) in [4.78, 5) is 30.0. The van der Waals surface area contributed by atoms with Gasteiger partial charge in [-0.3, -0.25) is 9.59 Å². The quantitative estimate of drug-likeness (QED) is 0.296. The van der Waals surface area contributed by atoms with E-state index in [1.807, 2.05) is 20.8 Å². The van der Waals surface area contributed by atoms with Crippen molar-refractivity contribution in [3.8, 4) is 11.5 Å². The van der Waals surface area contributed by atoms with E-state index in [2.05, 4.69) is 18.7 Å². The van der Waals surface area contributed by atoms with Gasteiger partial charge >= 0.3 is 0 Å². The van der Waals surface area contributed by atoms with E-state index >= 15 is 0 Å². The largest absolute Gasteiger partial charge is 0.508 e. The summed E-state index contributed by atoms with van der Waals surface area (Å²) in [6.45, 7) is 13.3. The molecule has 1 aliphatic rings. The number of amides is 1. The Kier molecular flexibility index (Phi) is 8.57. The molecule has 2 aromatic carbocycles. The number of aliphatic hydroxyl groups is 1. The summed E-state index contributed by atoms with van der Waals surface area (Å²) >= 11 is 0. The first kappa shape index (κ1) is 26.3. The molecule has 1 aliphatic heterocycles. The van der Waals surface area contributed by atoms with Gasteiger partial charge in [0.25, 0.3) is 11.7 Å². The van der Waals surface area contributed by atoms with E-state index in [-0.39, 0.29) is 17.1 Å². The van der Waals surface area contributed by atoms with Crippen LogP contribution in [0, 0.1) is 12.8 Å². The molecule has 0 radical (unpaired) electrons. The smallest absolute Gasteiger partial charge is 0.295 e. The number of ether oxygens (including phenoxy) is 1. The van der Waals surface area contributed by atoms with Gasteiger partial charge in [-0.05, 0) is 67.4 Å². The Morgan fingerprint density at radius 2 is 1.74 bits per heavy atom. The number of aromatic hydroxyl groups is 1. The van der Waals surface area contributed by atoms with Crippen LogP contribution in [0.25, 0.3) is 5.76 Å². The summed E-state index contributed by atoms with van der Waals surface area (Å²) in [5.41, 5.74) is 1.98. The number of aliphatic hydroxyl groups excluding tert-OH is 1. The third kappa shape index (κ3) is 5.85. The molecule has 7 heteroatoms. The number of carbonyl (C=O) groups is 2. The number of aryl methyl sites for hydroxylation is 1. The lowest BCUT2D eigenvalue weighted by atomic mass is 9.94. The first-order valence-electron chi connectivity index (χ1n) is 12.2. The number of phenols is 1. The van der Waals surface area contributed by atoms with Crippen LogP contribution in [0.5, 0.6) is 11.5 Å². The van der Waals surface area contributed by atoms with Crippen LogP contribution in [-0.2, 0) is 9.59 Å². The number of likely N-dealkylation sites (tertiary alicyclic amines) is 1. The molecule has 7 nitrogen and oxygen atoms in total. The fourth-order valence-electron chi connectivity index (χ4n) is 4.27. The van der Waals surface area contributed by atoms with Crippen LogP contribution in [0.15, 0.2) is 48.0 Å². The number of ketones is 1. The molecular weight excluding hydrogens is 444 g/mol. The van der Waals surface area contributed by atoms with Gasteiger partial charge in [0.1, 0.15) is 17.3 Å². The van der Waals surface area contributed by atoms with E-state index < -0.39 is 17.7 Å². The molecule has 35 heavy (non-hydrogen) atoms. The van der Waals surface area contributed by atoms with Crippen molar-refractivity contribution in [1.29, 1.82) is 0 Å². The third-order valence-corrected chi connectivity index (χ3v) is 6.32. The van der Waals surface area contributed by atoms with Gasteiger partial charge in [-0.1, -0.05) is 39.8 Å². The summed E-state index contributed by atoms with van der Waals surface area (Å²) < 4.78 is 5.84.